The highest BCUT2D eigenvalue weighted by Crippen LogP contribution is 2.34. The van der Waals surface area contributed by atoms with E-state index < -0.39 is 11.6 Å². The highest BCUT2D eigenvalue weighted by atomic mass is 16.6. The van der Waals surface area contributed by atoms with Crippen molar-refractivity contribution < 1.29 is 24.2 Å². The Kier molecular flexibility index (Phi) is 7.90. The molecule has 1 saturated heterocycles. The zero-order valence-electron chi connectivity index (χ0n) is 17.3. The fraction of sp³-hybridized carbons (Fsp3) is 0.818. The topological polar surface area (TPSA) is 72.8 Å². The number of esters is 2. The van der Waals surface area contributed by atoms with E-state index in [0.717, 1.165) is 32.1 Å². The Morgan fingerprint density at radius 3 is 2.41 bits per heavy atom. The molecule has 2 fully saturated rings. The molecule has 0 amide bonds. The first-order chi connectivity index (χ1) is 12.8. The number of ether oxygens (including phenoxy) is 2. The van der Waals surface area contributed by atoms with Crippen molar-refractivity contribution in [2.45, 2.75) is 78.2 Å². The van der Waals surface area contributed by atoms with Gasteiger partial charge in [0.05, 0.1) is 12.5 Å². The maximum Gasteiger partial charge on any atom is 0.334 e. The van der Waals surface area contributed by atoms with E-state index in [0.29, 0.717) is 29.7 Å². The first-order valence-electron chi connectivity index (χ1n) is 10.5. The van der Waals surface area contributed by atoms with Crippen LogP contribution in [0.5, 0.6) is 0 Å². The maximum atomic E-state index is 12.3. The SMILES string of the molecule is CC(C)C(C/C=C1/CC(CO)(COC(=O)C2CCCCC2)OC1=O)C(C)C. The minimum atomic E-state index is -1.13. The molecule has 1 saturated carbocycles. The van der Waals surface area contributed by atoms with Gasteiger partial charge in [-0.25, -0.2) is 4.79 Å². The van der Waals surface area contributed by atoms with Crippen molar-refractivity contribution in [3.8, 4) is 0 Å². The van der Waals surface area contributed by atoms with Crippen LogP contribution in [0.25, 0.3) is 0 Å². The van der Waals surface area contributed by atoms with Crippen LogP contribution in [0, 0.1) is 23.7 Å². The predicted molar refractivity (Wildman–Crippen MR) is 104 cm³/mol. The minimum Gasteiger partial charge on any atom is -0.461 e. The molecule has 0 spiro atoms. The van der Waals surface area contributed by atoms with Gasteiger partial charge in [-0.15, -0.1) is 0 Å². The number of rotatable bonds is 8. The Balaban J connectivity index is 1.96. The molecule has 1 atom stereocenters. The van der Waals surface area contributed by atoms with Crippen LogP contribution in [0.1, 0.15) is 72.6 Å². The number of aliphatic hydroxyl groups excluding tert-OH is 1. The van der Waals surface area contributed by atoms with Crippen LogP contribution in [-0.2, 0) is 19.1 Å². The second-order valence-corrected chi connectivity index (χ2v) is 8.97. The van der Waals surface area contributed by atoms with Gasteiger partial charge >= 0.3 is 11.9 Å². The first kappa shape index (κ1) is 21.9. The maximum absolute atomic E-state index is 12.3. The quantitative estimate of drug-likeness (QED) is 0.508. The Morgan fingerprint density at radius 1 is 1.22 bits per heavy atom. The third-order valence-corrected chi connectivity index (χ3v) is 6.14. The number of hydrogen-bond donors (Lipinski definition) is 1. The van der Waals surface area contributed by atoms with Crippen LogP contribution in [-0.4, -0.2) is 35.9 Å². The van der Waals surface area contributed by atoms with Crippen molar-refractivity contribution in [2.75, 3.05) is 13.2 Å². The van der Waals surface area contributed by atoms with Crippen LogP contribution >= 0.6 is 0 Å². The van der Waals surface area contributed by atoms with Gasteiger partial charge in [-0.3, -0.25) is 4.79 Å². The predicted octanol–water partition coefficient (Wildman–Crippen LogP) is 4.03. The molecule has 0 radical (unpaired) electrons. The van der Waals surface area contributed by atoms with E-state index in [1.54, 1.807) is 0 Å². The highest BCUT2D eigenvalue weighted by molar-refractivity contribution is 5.91. The van der Waals surface area contributed by atoms with E-state index in [9.17, 15) is 14.7 Å². The molecule has 1 heterocycles. The van der Waals surface area contributed by atoms with Gasteiger partial charge in [-0.2, -0.15) is 0 Å². The van der Waals surface area contributed by atoms with Gasteiger partial charge in [0.2, 0.25) is 0 Å². The van der Waals surface area contributed by atoms with Crippen molar-refractivity contribution in [3.05, 3.63) is 11.6 Å². The molecule has 1 aliphatic heterocycles. The fourth-order valence-corrected chi connectivity index (χ4v) is 4.34. The summed E-state index contributed by atoms with van der Waals surface area (Å²) < 4.78 is 10.9. The minimum absolute atomic E-state index is 0.0561. The van der Waals surface area contributed by atoms with Gasteiger partial charge in [0.25, 0.3) is 0 Å². The second kappa shape index (κ2) is 9.72. The smallest absolute Gasteiger partial charge is 0.334 e. The van der Waals surface area contributed by atoms with Gasteiger partial charge in [0.1, 0.15) is 6.61 Å². The lowest BCUT2D eigenvalue weighted by Crippen LogP contribution is -2.40. The van der Waals surface area contributed by atoms with E-state index in [-0.39, 0.29) is 25.1 Å². The third-order valence-electron chi connectivity index (χ3n) is 6.14. The fourth-order valence-electron chi connectivity index (χ4n) is 4.34. The number of carbonyl (C=O) groups excluding carboxylic acids is 2. The lowest BCUT2D eigenvalue weighted by atomic mass is 9.82. The van der Waals surface area contributed by atoms with Gasteiger partial charge in [0, 0.05) is 12.0 Å². The molecule has 154 valence electrons. The summed E-state index contributed by atoms with van der Waals surface area (Å²) in [6, 6.07) is 0. The molecule has 27 heavy (non-hydrogen) atoms. The number of cyclic esters (lactones) is 1. The van der Waals surface area contributed by atoms with E-state index in [2.05, 4.69) is 27.7 Å². The lowest BCUT2D eigenvalue weighted by Gasteiger charge is -2.26. The summed E-state index contributed by atoms with van der Waals surface area (Å²) in [5.74, 6) is 0.856. The summed E-state index contributed by atoms with van der Waals surface area (Å²) in [7, 11) is 0. The number of aliphatic hydroxyl groups is 1. The van der Waals surface area contributed by atoms with Gasteiger partial charge in [-0.1, -0.05) is 53.0 Å². The Morgan fingerprint density at radius 2 is 1.85 bits per heavy atom. The molecule has 0 bridgehead atoms. The van der Waals surface area contributed by atoms with E-state index in [1.165, 1.54) is 6.42 Å². The Labute approximate surface area is 163 Å². The summed E-state index contributed by atoms with van der Waals surface area (Å²) >= 11 is 0. The number of allylic oxidation sites excluding steroid dienone is 1. The zero-order chi connectivity index (χ0) is 20.0. The normalized spacial score (nSPS) is 25.6. The second-order valence-electron chi connectivity index (χ2n) is 8.97. The summed E-state index contributed by atoms with van der Waals surface area (Å²) in [5, 5.41) is 9.83. The molecule has 0 aromatic carbocycles. The average molecular weight is 381 g/mol. The van der Waals surface area contributed by atoms with Crippen molar-refractivity contribution in [3.63, 3.8) is 0 Å². The van der Waals surface area contributed by atoms with Crippen molar-refractivity contribution >= 4 is 11.9 Å². The average Bonchev–Trinajstić information content (AvgIpc) is 2.96. The zero-order valence-corrected chi connectivity index (χ0v) is 17.3. The number of carbonyl (C=O) groups is 2. The Hall–Kier alpha value is -1.36. The van der Waals surface area contributed by atoms with Crippen molar-refractivity contribution in [2.24, 2.45) is 23.7 Å². The van der Waals surface area contributed by atoms with E-state index in [1.807, 2.05) is 6.08 Å². The van der Waals surface area contributed by atoms with Crippen LogP contribution in [0.4, 0.5) is 0 Å². The van der Waals surface area contributed by atoms with E-state index in [4.69, 9.17) is 9.47 Å². The monoisotopic (exact) mass is 380 g/mol. The van der Waals surface area contributed by atoms with Gasteiger partial charge in [-0.05, 0) is 37.0 Å². The van der Waals surface area contributed by atoms with Crippen molar-refractivity contribution in [1.82, 2.24) is 0 Å². The Bertz CT molecular complexity index is 537. The first-order valence-corrected chi connectivity index (χ1v) is 10.5. The molecule has 2 rings (SSSR count). The molecular weight excluding hydrogens is 344 g/mol. The van der Waals surface area contributed by atoms with Gasteiger partial charge in [0.15, 0.2) is 5.60 Å². The molecule has 1 aliphatic carbocycles. The summed E-state index contributed by atoms with van der Waals surface area (Å²) in [6.07, 6.45) is 8.06. The molecule has 5 heteroatoms. The number of hydrogen-bond acceptors (Lipinski definition) is 5. The molecule has 5 nitrogen and oxygen atoms in total. The molecule has 0 aromatic heterocycles. The van der Waals surface area contributed by atoms with Crippen LogP contribution in [0.3, 0.4) is 0 Å². The molecule has 2 aliphatic rings. The standard InChI is InChI=1S/C22H36O5/c1-15(2)19(16(3)4)11-10-18-12-22(13-23,27-21(18)25)14-26-20(24)17-8-6-5-7-9-17/h10,15-17,19,23H,5-9,11-14H2,1-4H3/b18-10-. The molecular formula is C22H36O5. The van der Waals surface area contributed by atoms with Gasteiger partial charge < -0.3 is 14.6 Å². The summed E-state index contributed by atoms with van der Waals surface area (Å²) in [4.78, 5) is 24.6. The lowest BCUT2D eigenvalue weighted by molar-refractivity contribution is -0.169. The van der Waals surface area contributed by atoms with E-state index >= 15 is 0 Å². The van der Waals surface area contributed by atoms with Crippen LogP contribution in [0.2, 0.25) is 0 Å². The van der Waals surface area contributed by atoms with Crippen molar-refractivity contribution in [1.29, 1.82) is 0 Å². The largest absolute Gasteiger partial charge is 0.461 e. The van der Waals surface area contributed by atoms with Crippen LogP contribution in [0.15, 0.2) is 11.6 Å². The summed E-state index contributed by atoms with van der Waals surface area (Å²) in [5.41, 5.74) is -0.539. The molecule has 1 N–H and O–H groups in total. The third kappa shape index (κ3) is 5.81. The molecule has 0 aromatic rings. The van der Waals surface area contributed by atoms with Crippen LogP contribution < -0.4 is 0 Å². The summed E-state index contributed by atoms with van der Waals surface area (Å²) in [6.45, 7) is 8.36. The molecule has 1 unspecified atom stereocenters. The highest BCUT2D eigenvalue weighted by Gasteiger charge is 2.45.